The van der Waals surface area contributed by atoms with E-state index in [2.05, 4.69) is 0 Å². The molecule has 0 bridgehead atoms. The van der Waals surface area contributed by atoms with Gasteiger partial charge in [0.15, 0.2) is 0 Å². The van der Waals surface area contributed by atoms with E-state index in [9.17, 15) is 0 Å². The van der Waals surface area contributed by atoms with Gasteiger partial charge in [0.1, 0.15) is 0 Å². The standard InChI is InChI=1S/ClH.2FH.O.V/h3*1H;;. The Labute approximate surface area is 43.5 Å². The summed E-state index contributed by atoms with van der Waals surface area (Å²) in [6.07, 6.45) is 0. The zero-order chi connectivity index (χ0) is 2.00. The maximum atomic E-state index is 8.19. The van der Waals surface area contributed by atoms with Crippen LogP contribution in [0.4, 0.5) is 9.41 Å². The van der Waals surface area contributed by atoms with Crippen LogP contribution >= 0.6 is 12.4 Å². The molecule has 0 saturated heterocycles. The van der Waals surface area contributed by atoms with Crippen molar-refractivity contribution in [2.75, 3.05) is 0 Å². The Hall–Kier alpha value is 0.534. The summed E-state index contributed by atoms with van der Waals surface area (Å²) < 4.78 is 8.19. The van der Waals surface area contributed by atoms with Crippen LogP contribution in [0.5, 0.6) is 0 Å². The van der Waals surface area contributed by atoms with Crippen molar-refractivity contribution in [1.29, 1.82) is 0 Å². The minimum atomic E-state index is 0. The quantitative estimate of drug-likeness (QED) is 0.485. The average molecular weight is 143 g/mol. The van der Waals surface area contributed by atoms with E-state index in [0.29, 0.717) is 0 Å². The van der Waals surface area contributed by atoms with Crippen molar-refractivity contribution in [2.45, 2.75) is 0 Å². The predicted molar refractivity (Wildman–Crippen MR) is 12.9 cm³/mol. The van der Waals surface area contributed by atoms with Crippen molar-refractivity contribution in [2.24, 2.45) is 0 Å². The summed E-state index contributed by atoms with van der Waals surface area (Å²) in [4.78, 5) is 0. The molecule has 0 unspecified atom stereocenters. The molecule has 0 atom stereocenters. The van der Waals surface area contributed by atoms with Gasteiger partial charge in [-0.05, 0) is 0 Å². The Balaban J connectivity index is -0.00000000167. The van der Waals surface area contributed by atoms with Crippen LogP contribution in [-0.2, 0) is 21.0 Å². The second kappa shape index (κ2) is 198. The van der Waals surface area contributed by atoms with Crippen LogP contribution in [0.1, 0.15) is 0 Å². The Morgan fingerprint density at radius 3 is 1.00 bits per heavy atom. The minimum absolute atomic E-state index is 0. The third-order valence-electron chi connectivity index (χ3n) is 0. The Bertz CT molecular complexity index is 9.61. The first-order chi connectivity index (χ1) is 1.00. The molecule has 0 fully saturated rings. The molecule has 5 heavy (non-hydrogen) atoms. The molecule has 0 aromatic carbocycles. The van der Waals surface area contributed by atoms with Gasteiger partial charge in [-0.15, -0.1) is 12.4 Å². The van der Waals surface area contributed by atoms with E-state index in [-0.39, 0.29) is 21.8 Å². The Kier molecular flexibility index (Phi) is 1920. The molecule has 0 spiro atoms. The number of rotatable bonds is 0. The van der Waals surface area contributed by atoms with Crippen molar-refractivity contribution in [3.8, 4) is 0 Å². The molecule has 0 heterocycles. The molecule has 5 heteroatoms. The zero-order valence-corrected chi connectivity index (χ0v) is 4.29. The molecule has 0 amide bonds. The summed E-state index contributed by atoms with van der Waals surface area (Å²) in [5.41, 5.74) is 0. The van der Waals surface area contributed by atoms with E-state index >= 15 is 0 Å². The summed E-state index contributed by atoms with van der Waals surface area (Å²) in [7, 11) is 0. The first-order valence-corrected chi connectivity index (χ1v) is 0.753. The summed E-state index contributed by atoms with van der Waals surface area (Å²) in [5, 5.41) is 0. The van der Waals surface area contributed by atoms with Crippen LogP contribution in [0.25, 0.3) is 0 Å². The second-order valence-corrected chi connectivity index (χ2v) is 0. The van der Waals surface area contributed by atoms with Crippen molar-refractivity contribution < 1.29 is 30.5 Å². The van der Waals surface area contributed by atoms with Gasteiger partial charge in [-0.1, -0.05) is 0 Å². The van der Waals surface area contributed by atoms with Crippen molar-refractivity contribution in [1.82, 2.24) is 0 Å². The number of hydrogen-bond donors (Lipinski definition) is 0. The zero-order valence-electron chi connectivity index (χ0n) is 2.08. The van der Waals surface area contributed by atoms with E-state index in [4.69, 9.17) is 3.67 Å². The van der Waals surface area contributed by atoms with Crippen LogP contribution < -0.4 is 0 Å². The second-order valence-electron chi connectivity index (χ2n) is 0. The monoisotopic (exact) mass is 143 g/mol. The van der Waals surface area contributed by atoms with Gasteiger partial charge in [-0.25, -0.2) is 0 Å². The van der Waals surface area contributed by atoms with Crippen molar-refractivity contribution in [3.05, 3.63) is 0 Å². The molecule has 35 valence electrons. The Morgan fingerprint density at radius 1 is 1.00 bits per heavy atom. The molecule has 0 N–H and O–H groups in total. The van der Waals surface area contributed by atoms with Crippen LogP contribution in [0.15, 0.2) is 0 Å². The third kappa shape index (κ3) is 102. The van der Waals surface area contributed by atoms with Crippen LogP contribution in [0.3, 0.4) is 0 Å². The van der Waals surface area contributed by atoms with E-state index in [1.807, 2.05) is 0 Å². The van der Waals surface area contributed by atoms with Gasteiger partial charge in [0.25, 0.3) is 0 Å². The molecule has 0 saturated carbocycles. The molecule has 1 nitrogen and oxygen atoms in total. The first-order valence-electron chi connectivity index (χ1n) is 0.183. The fourth-order valence-corrected chi connectivity index (χ4v) is 0. The molecule has 0 aliphatic heterocycles. The topological polar surface area (TPSA) is 17.1 Å². The molecule has 0 aromatic heterocycles. The molecule has 0 aliphatic rings. The van der Waals surface area contributed by atoms with Gasteiger partial charge in [0, 0.05) is 0 Å². The van der Waals surface area contributed by atoms with Gasteiger partial charge >= 0.3 is 21.0 Å². The summed E-state index contributed by atoms with van der Waals surface area (Å²) in [6, 6.07) is 0. The third-order valence-corrected chi connectivity index (χ3v) is 0. The molecule has 0 aliphatic carbocycles. The van der Waals surface area contributed by atoms with Crippen molar-refractivity contribution in [3.63, 3.8) is 0 Å². The summed E-state index contributed by atoms with van der Waals surface area (Å²) in [5.74, 6) is 0. The van der Waals surface area contributed by atoms with Crippen LogP contribution in [0.2, 0.25) is 0 Å². The number of hydrogen-bond acceptors (Lipinski definition) is 1. The van der Waals surface area contributed by atoms with Gasteiger partial charge in [-0.2, -0.15) is 0 Å². The summed E-state index contributed by atoms with van der Waals surface area (Å²) in [6.45, 7) is 0. The summed E-state index contributed by atoms with van der Waals surface area (Å²) >= 11 is 1.06. The maximum absolute atomic E-state index is 8.19. The molecule has 0 aromatic rings. The molecule has 0 rings (SSSR count). The average Bonchev–Trinajstić information content (AvgIpc) is 1.00. The van der Waals surface area contributed by atoms with Crippen molar-refractivity contribution >= 4 is 12.4 Å². The molecular formula is H3ClF2OV. The van der Waals surface area contributed by atoms with Gasteiger partial charge in [0.05, 0.1) is 0 Å². The Morgan fingerprint density at radius 2 is 1.00 bits per heavy atom. The van der Waals surface area contributed by atoms with E-state index in [1.54, 1.807) is 0 Å². The SMILES string of the molecule is Cl.F.F.[O]=[V]. The van der Waals surface area contributed by atoms with E-state index in [1.165, 1.54) is 0 Å². The van der Waals surface area contributed by atoms with Crippen LogP contribution in [-0.4, -0.2) is 0 Å². The fourth-order valence-electron chi connectivity index (χ4n) is 0. The fraction of sp³-hybridized carbons (Fsp3) is 0. The molecule has 0 radical (unpaired) electrons. The van der Waals surface area contributed by atoms with Gasteiger partial charge in [-0.3, -0.25) is 9.41 Å². The van der Waals surface area contributed by atoms with E-state index < -0.39 is 0 Å². The first kappa shape index (κ1) is 48.3. The molecular weight excluding hydrogens is 140 g/mol. The van der Waals surface area contributed by atoms with Gasteiger partial charge in [0.2, 0.25) is 0 Å². The predicted octanol–water partition coefficient (Wildman–Crippen LogP) is 0.605. The number of halogens is 3. The normalized spacial score (nSPS) is 0.600. The van der Waals surface area contributed by atoms with E-state index in [0.717, 1.165) is 17.4 Å². The van der Waals surface area contributed by atoms with Gasteiger partial charge < -0.3 is 0 Å². The van der Waals surface area contributed by atoms with Crippen LogP contribution in [0, 0.1) is 0 Å².